The standard InChI is InChI=1S/C26H34N2O4/c1-4-19(2)27-26(30)20(3)28(15-14-21-8-6-5-7-9-21)25(29)13-11-22-10-12-23-24(18-22)32-17-16-31-23/h5-10,12,18-20H,4,11,13-17H2,1-3H3,(H,27,30)/t19-,20-/m1/s1. The average molecular weight is 439 g/mol. The van der Waals surface area contributed by atoms with Crippen LogP contribution in [0.3, 0.4) is 0 Å². The monoisotopic (exact) mass is 438 g/mol. The first kappa shape index (κ1) is 23.6. The van der Waals surface area contributed by atoms with Crippen LogP contribution in [0.5, 0.6) is 11.5 Å². The number of aryl methyl sites for hydroxylation is 1. The summed E-state index contributed by atoms with van der Waals surface area (Å²) in [4.78, 5) is 27.7. The molecule has 0 fully saturated rings. The van der Waals surface area contributed by atoms with Crippen LogP contribution in [0, 0.1) is 0 Å². The third-order valence-corrected chi connectivity index (χ3v) is 5.89. The predicted octanol–water partition coefficient (Wildman–Crippen LogP) is 3.76. The van der Waals surface area contributed by atoms with E-state index in [0.29, 0.717) is 39.0 Å². The van der Waals surface area contributed by atoms with Gasteiger partial charge in [0, 0.05) is 19.0 Å². The second kappa shape index (κ2) is 11.6. The molecule has 2 aromatic rings. The summed E-state index contributed by atoms with van der Waals surface area (Å²) in [6, 6.07) is 15.4. The van der Waals surface area contributed by atoms with Crippen molar-refractivity contribution in [2.24, 2.45) is 0 Å². The van der Waals surface area contributed by atoms with Gasteiger partial charge >= 0.3 is 0 Å². The smallest absolute Gasteiger partial charge is 0.242 e. The van der Waals surface area contributed by atoms with E-state index >= 15 is 0 Å². The molecule has 0 spiro atoms. The number of fused-ring (bicyclic) bond motifs is 1. The van der Waals surface area contributed by atoms with Crippen LogP contribution in [0.1, 0.15) is 44.7 Å². The molecule has 6 nitrogen and oxygen atoms in total. The van der Waals surface area contributed by atoms with E-state index in [0.717, 1.165) is 29.0 Å². The molecule has 172 valence electrons. The van der Waals surface area contributed by atoms with Gasteiger partial charge in [-0.2, -0.15) is 0 Å². The Labute approximate surface area is 190 Å². The van der Waals surface area contributed by atoms with Crippen molar-refractivity contribution in [3.05, 3.63) is 59.7 Å². The Balaban J connectivity index is 1.66. The molecule has 0 saturated carbocycles. The minimum Gasteiger partial charge on any atom is -0.486 e. The fourth-order valence-electron chi connectivity index (χ4n) is 3.67. The molecule has 32 heavy (non-hydrogen) atoms. The molecule has 1 aliphatic rings. The molecule has 1 N–H and O–H groups in total. The van der Waals surface area contributed by atoms with Crippen LogP contribution in [0.2, 0.25) is 0 Å². The van der Waals surface area contributed by atoms with Gasteiger partial charge in [-0.05, 0) is 56.4 Å². The Morgan fingerprint density at radius 3 is 2.41 bits per heavy atom. The number of benzene rings is 2. The second-order valence-electron chi connectivity index (χ2n) is 8.29. The number of nitrogens with zero attached hydrogens (tertiary/aromatic N) is 1. The molecule has 1 heterocycles. The highest BCUT2D eigenvalue weighted by atomic mass is 16.6. The first-order valence-corrected chi connectivity index (χ1v) is 11.5. The van der Waals surface area contributed by atoms with E-state index in [1.807, 2.05) is 69.3 Å². The molecule has 0 unspecified atom stereocenters. The van der Waals surface area contributed by atoms with Crippen LogP contribution in [0.25, 0.3) is 0 Å². The number of amides is 2. The Morgan fingerprint density at radius 1 is 0.969 bits per heavy atom. The van der Waals surface area contributed by atoms with E-state index in [1.165, 1.54) is 0 Å². The number of hydrogen-bond donors (Lipinski definition) is 1. The van der Waals surface area contributed by atoms with Crippen molar-refractivity contribution in [3.8, 4) is 11.5 Å². The van der Waals surface area contributed by atoms with Crippen molar-refractivity contribution < 1.29 is 19.1 Å². The third kappa shape index (κ3) is 6.49. The largest absolute Gasteiger partial charge is 0.486 e. The van der Waals surface area contributed by atoms with E-state index in [2.05, 4.69) is 5.32 Å². The summed E-state index contributed by atoms with van der Waals surface area (Å²) in [5, 5.41) is 3.01. The first-order valence-electron chi connectivity index (χ1n) is 11.5. The lowest BCUT2D eigenvalue weighted by molar-refractivity contribution is -0.140. The second-order valence-corrected chi connectivity index (χ2v) is 8.29. The van der Waals surface area contributed by atoms with Crippen molar-refractivity contribution in [2.45, 2.75) is 58.5 Å². The number of carbonyl (C=O) groups is 2. The highest BCUT2D eigenvalue weighted by molar-refractivity contribution is 5.87. The van der Waals surface area contributed by atoms with Gasteiger partial charge in [-0.15, -0.1) is 0 Å². The Hall–Kier alpha value is -3.02. The molecular formula is C26H34N2O4. The van der Waals surface area contributed by atoms with Crippen LogP contribution in [0.15, 0.2) is 48.5 Å². The molecule has 0 aromatic heterocycles. The molecule has 0 saturated heterocycles. The number of ether oxygens (including phenoxy) is 2. The van der Waals surface area contributed by atoms with Gasteiger partial charge in [0.15, 0.2) is 11.5 Å². The third-order valence-electron chi connectivity index (χ3n) is 5.89. The summed E-state index contributed by atoms with van der Waals surface area (Å²) in [5.41, 5.74) is 2.16. The fourth-order valence-corrected chi connectivity index (χ4v) is 3.67. The minimum absolute atomic E-state index is 0.0254. The molecule has 0 bridgehead atoms. The quantitative estimate of drug-likeness (QED) is 0.613. The first-order chi connectivity index (χ1) is 15.5. The van der Waals surface area contributed by atoms with Crippen LogP contribution >= 0.6 is 0 Å². The molecule has 2 aromatic carbocycles. The number of rotatable bonds is 10. The Morgan fingerprint density at radius 2 is 1.69 bits per heavy atom. The van der Waals surface area contributed by atoms with Crippen molar-refractivity contribution in [1.82, 2.24) is 10.2 Å². The van der Waals surface area contributed by atoms with E-state index in [1.54, 1.807) is 4.90 Å². The zero-order chi connectivity index (χ0) is 22.9. The predicted molar refractivity (Wildman–Crippen MR) is 125 cm³/mol. The molecule has 2 atom stereocenters. The Kier molecular flexibility index (Phi) is 8.54. The lowest BCUT2D eigenvalue weighted by Gasteiger charge is -2.30. The number of carbonyl (C=O) groups excluding carboxylic acids is 2. The van der Waals surface area contributed by atoms with Crippen LogP contribution in [0.4, 0.5) is 0 Å². The van der Waals surface area contributed by atoms with Gasteiger partial charge in [0.2, 0.25) is 11.8 Å². The van der Waals surface area contributed by atoms with Crippen LogP contribution < -0.4 is 14.8 Å². The fraction of sp³-hybridized carbons (Fsp3) is 0.462. The average Bonchev–Trinajstić information content (AvgIpc) is 2.83. The van der Waals surface area contributed by atoms with Gasteiger partial charge in [-0.1, -0.05) is 43.3 Å². The summed E-state index contributed by atoms with van der Waals surface area (Å²) < 4.78 is 11.2. The minimum atomic E-state index is -0.527. The lowest BCUT2D eigenvalue weighted by atomic mass is 10.1. The Bertz CT molecular complexity index is 900. The van der Waals surface area contributed by atoms with Gasteiger partial charge in [0.05, 0.1) is 0 Å². The maximum Gasteiger partial charge on any atom is 0.242 e. The van der Waals surface area contributed by atoms with E-state index in [-0.39, 0.29) is 17.9 Å². The van der Waals surface area contributed by atoms with Gasteiger partial charge in [0.25, 0.3) is 0 Å². The van der Waals surface area contributed by atoms with Crippen LogP contribution in [-0.2, 0) is 22.4 Å². The molecule has 0 aliphatic carbocycles. The zero-order valence-corrected chi connectivity index (χ0v) is 19.3. The van der Waals surface area contributed by atoms with Crippen molar-refractivity contribution in [3.63, 3.8) is 0 Å². The van der Waals surface area contributed by atoms with Crippen molar-refractivity contribution in [1.29, 1.82) is 0 Å². The summed E-state index contributed by atoms with van der Waals surface area (Å²) >= 11 is 0. The van der Waals surface area contributed by atoms with Crippen molar-refractivity contribution >= 4 is 11.8 Å². The maximum atomic E-state index is 13.2. The molecular weight excluding hydrogens is 404 g/mol. The van der Waals surface area contributed by atoms with Gasteiger partial charge in [-0.3, -0.25) is 9.59 Å². The molecule has 2 amide bonds. The summed E-state index contributed by atoms with van der Waals surface area (Å²) in [5.74, 6) is 1.33. The number of hydrogen-bond acceptors (Lipinski definition) is 4. The van der Waals surface area contributed by atoms with Gasteiger partial charge in [-0.25, -0.2) is 0 Å². The van der Waals surface area contributed by atoms with E-state index in [4.69, 9.17) is 9.47 Å². The lowest BCUT2D eigenvalue weighted by Crippen LogP contribution is -2.50. The van der Waals surface area contributed by atoms with Crippen molar-refractivity contribution in [2.75, 3.05) is 19.8 Å². The molecule has 3 rings (SSSR count). The molecule has 6 heteroatoms. The summed E-state index contributed by atoms with van der Waals surface area (Å²) in [6.07, 6.45) is 2.46. The summed E-state index contributed by atoms with van der Waals surface area (Å²) in [7, 11) is 0. The highest BCUT2D eigenvalue weighted by Gasteiger charge is 2.26. The zero-order valence-electron chi connectivity index (χ0n) is 19.3. The van der Waals surface area contributed by atoms with Crippen LogP contribution in [-0.4, -0.2) is 48.6 Å². The molecule has 1 aliphatic heterocycles. The summed E-state index contributed by atoms with van der Waals surface area (Å²) in [6.45, 7) is 7.40. The maximum absolute atomic E-state index is 13.2. The highest BCUT2D eigenvalue weighted by Crippen LogP contribution is 2.31. The van der Waals surface area contributed by atoms with Gasteiger partial charge in [0.1, 0.15) is 19.3 Å². The van der Waals surface area contributed by atoms with E-state index in [9.17, 15) is 9.59 Å². The van der Waals surface area contributed by atoms with Gasteiger partial charge < -0.3 is 19.7 Å². The normalized spacial score (nSPS) is 14.3. The molecule has 0 radical (unpaired) electrons. The SMILES string of the molecule is CC[C@@H](C)NC(=O)[C@@H](C)N(CCc1ccccc1)C(=O)CCc1ccc2c(c1)OCCO2. The topological polar surface area (TPSA) is 67.9 Å². The van der Waals surface area contributed by atoms with E-state index < -0.39 is 6.04 Å². The number of nitrogens with one attached hydrogen (secondary N) is 1.